The third kappa shape index (κ3) is 2.23. The van der Waals surface area contributed by atoms with Crippen LogP contribution in [-0.2, 0) is 19.7 Å². The summed E-state index contributed by atoms with van der Waals surface area (Å²) in [5.74, 6) is 0.157. The first-order valence-corrected chi connectivity index (χ1v) is 11.2. The summed E-state index contributed by atoms with van der Waals surface area (Å²) in [5, 5.41) is 0. The van der Waals surface area contributed by atoms with Crippen molar-refractivity contribution in [3.05, 3.63) is 30.1 Å². The summed E-state index contributed by atoms with van der Waals surface area (Å²) in [5.41, 5.74) is 3.45. The first kappa shape index (κ1) is 17.6. The maximum Gasteiger partial charge on any atom is 0.267 e. The number of hydrogen-bond acceptors (Lipinski definition) is 6. The quantitative estimate of drug-likeness (QED) is 0.827. The minimum absolute atomic E-state index is 0.0488. The van der Waals surface area contributed by atoms with Crippen LogP contribution in [0, 0.1) is 16.7 Å². The molecule has 4 fully saturated rings. The maximum absolute atomic E-state index is 13.2. The Labute approximate surface area is 159 Å². The van der Waals surface area contributed by atoms with E-state index in [1.54, 1.807) is 12.4 Å². The number of nitrogens with one attached hydrogen (secondary N) is 1. The predicted octanol–water partition coefficient (Wildman–Crippen LogP) is 1.78. The number of rotatable bonds is 2. The Hall–Kier alpha value is -1.51. The van der Waals surface area contributed by atoms with Gasteiger partial charge >= 0.3 is 0 Å². The van der Waals surface area contributed by atoms with Gasteiger partial charge in [0.1, 0.15) is 0 Å². The van der Waals surface area contributed by atoms with E-state index in [0.29, 0.717) is 12.3 Å². The average Bonchev–Trinajstić information content (AvgIpc) is 3.31. The van der Waals surface area contributed by atoms with Gasteiger partial charge in [-0.3, -0.25) is 14.6 Å². The molecular formula is C19H25N3O4S. The van der Waals surface area contributed by atoms with Crippen molar-refractivity contribution in [2.24, 2.45) is 16.7 Å². The van der Waals surface area contributed by atoms with Crippen LogP contribution in [0.1, 0.15) is 51.1 Å². The van der Waals surface area contributed by atoms with Crippen molar-refractivity contribution in [1.29, 1.82) is 0 Å². The van der Waals surface area contributed by atoms with Crippen LogP contribution in [0.15, 0.2) is 24.5 Å². The van der Waals surface area contributed by atoms with Crippen LogP contribution in [0.3, 0.4) is 0 Å². The molecular weight excluding hydrogens is 366 g/mol. The molecule has 1 spiro atoms. The molecule has 2 saturated heterocycles. The van der Waals surface area contributed by atoms with E-state index in [1.165, 1.54) is 4.31 Å². The second kappa shape index (κ2) is 5.52. The Balaban J connectivity index is 1.41. The molecule has 0 radical (unpaired) electrons. The predicted molar refractivity (Wildman–Crippen MR) is 97.6 cm³/mol. The van der Waals surface area contributed by atoms with Crippen LogP contribution in [0.4, 0.5) is 0 Å². The molecule has 0 unspecified atom stereocenters. The zero-order valence-electron chi connectivity index (χ0n) is 15.6. The molecule has 2 bridgehead atoms. The Bertz CT molecular complexity index is 887. The summed E-state index contributed by atoms with van der Waals surface area (Å²) in [6, 6.07) is 3.37. The van der Waals surface area contributed by atoms with Crippen LogP contribution in [0.2, 0.25) is 0 Å². The number of fused-ring (bicyclic) bond motifs is 1. The van der Waals surface area contributed by atoms with E-state index in [-0.39, 0.29) is 28.7 Å². The first-order valence-electron chi connectivity index (χ1n) is 9.63. The van der Waals surface area contributed by atoms with Gasteiger partial charge in [0.2, 0.25) is 10.0 Å². The summed E-state index contributed by atoms with van der Waals surface area (Å²) in [4.78, 5) is 22.9. The molecule has 146 valence electrons. The minimum atomic E-state index is -3.62. The SMILES string of the molecule is CC1(C)[C@@H]2CC[C@]13CS(=O)(=O)N(C(=O)[C@@H]1C[C@@H](c4cccnc4)NO1)[C@@H]3C2. The molecule has 2 saturated carbocycles. The van der Waals surface area contributed by atoms with Crippen molar-refractivity contribution in [2.75, 3.05) is 5.75 Å². The normalized spacial score (nSPS) is 41.0. The lowest BCUT2D eigenvalue weighted by Crippen LogP contribution is -2.47. The third-order valence-electron chi connectivity index (χ3n) is 7.79. The topological polar surface area (TPSA) is 88.6 Å². The maximum atomic E-state index is 13.2. The van der Waals surface area contributed by atoms with Gasteiger partial charge in [-0.05, 0) is 42.2 Å². The molecule has 1 N–H and O–H groups in total. The molecule has 4 aliphatic rings. The number of carbonyl (C=O) groups excluding carboxylic acids is 1. The Morgan fingerprint density at radius 2 is 2.19 bits per heavy atom. The molecule has 2 aliphatic heterocycles. The van der Waals surface area contributed by atoms with E-state index >= 15 is 0 Å². The van der Waals surface area contributed by atoms with E-state index in [4.69, 9.17) is 4.84 Å². The summed E-state index contributed by atoms with van der Waals surface area (Å²) >= 11 is 0. The molecule has 7 nitrogen and oxygen atoms in total. The largest absolute Gasteiger partial charge is 0.288 e. The van der Waals surface area contributed by atoms with E-state index in [9.17, 15) is 13.2 Å². The smallest absolute Gasteiger partial charge is 0.267 e. The van der Waals surface area contributed by atoms with Gasteiger partial charge in [-0.2, -0.15) is 5.48 Å². The molecule has 27 heavy (non-hydrogen) atoms. The lowest BCUT2D eigenvalue weighted by atomic mass is 9.69. The van der Waals surface area contributed by atoms with Gasteiger partial charge in [-0.25, -0.2) is 12.7 Å². The second-order valence-corrected chi connectivity index (χ2v) is 10.9. The lowest BCUT2D eigenvalue weighted by Gasteiger charge is -2.37. The third-order valence-corrected chi connectivity index (χ3v) is 9.71. The van der Waals surface area contributed by atoms with E-state index in [2.05, 4.69) is 24.3 Å². The van der Waals surface area contributed by atoms with Crippen LogP contribution in [0.25, 0.3) is 0 Å². The number of sulfonamides is 1. The zero-order chi connectivity index (χ0) is 19.0. The Kier molecular flexibility index (Phi) is 3.59. The van der Waals surface area contributed by atoms with E-state index < -0.39 is 22.0 Å². The fourth-order valence-corrected chi connectivity index (χ4v) is 8.70. The van der Waals surface area contributed by atoms with E-state index in [0.717, 1.165) is 24.8 Å². The number of hydroxylamine groups is 1. The highest BCUT2D eigenvalue weighted by Gasteiger charge is 2.72. The van der Waals surface area contributed by atoms with Gasteiger partial charge in [-0.15, -0.1) is 0 Å². The number of amides is 1. The molecule has 1 amide bonds. The number of pyridine rings is 1. The standard InChI is InChI=1S/C19H25N3O4S/c1-18(2)13-5-6-19(18)11-27(24,25)22(16(19)8-13)17(23)15-9-14(21-26-15)12-4-3-7-20-10-12/h3-4,7,10,13-16,21H,5-6,8-9,11H2,1-2H3/t13-,14+,15+,16-,19-/m1/s1. The summed E-state index contributed by atoms with van der Waals surface area (Å²) in [7, 11) is -3.62. The molecule has 1 aromatic rings. The summed E-state index contributed by atoms with van der Waals surface area (Å²) < 4.78 is 27.2. The molecule has 2 aliphatic carbocycles. The molecule has 0 aromatic carbocycles. The van der Waals surface area contributed by atoms with Crippen molar-refractivity contribution >= 4 is 15.9 Å². The highest BCUT2D eigenvalue weighted by molar-refractivity contribution is 7.90. The van der Waals surface area contributed by atoms with Crippen molar-refractivity contribution < 1.29 is 18.0 Å². The van der Waals surface area contributed by atoms with Crippen molar-refractivity contribution in [3.8, 4) is 0 Å². The zero-order valence-corrected chi connectivity index (χ0v) is 16.4. The highest BCUT2D eigenvalue weighted by Crippen LogP contribution is 2.70. The monoisotopic (exact) mass is 391 g/mol. The molecule has 3 heterocycles. The Morgan fingerprint density at radius 3 is 2.89 bits per heavy atom. The van der Waals surface area contributed by atoms with Gasteiger partial charge in [0, 0.05) is 24.2 Å². The van der Waals surface area contributed by atoms with Crippen molar-refractivity contribution in [2.45, 2.75) is 57.7 Å². The van der Waals surface area contributed by atoms with Crippen LogP contribution in [0.5, 0.6) is 0 Å². The first-order chi connectivity index (χ1) is 12.8. The second-order valence-electron chi connectivity index (χ2n) is 9.05. The van der Waals surface area contributed by atoms with E-state index in [1.807, 2.05) is 12.1 Å². The molecule has 8 heteroatoms. The Morgan fingerprint density at radius 1 is 1.37 bits per heavy atom. The fraction of sp³-hybridized carbons (Fsp3) is 0.684. The summed E-state index contributed by atoms with van der Waals surface area (Å²) in [6.07, 6.45) is 5.77. The average molecular weight is 391 g/mol. The number of aromatic nitrogens is 1. The number of carbonyl (C=O) groups is 1. The molecule has 5 atom stereocenters. The fourth-order valence-electron chi connectivity index (χ4n) is 6.13. The molecule has 1 aromatic heterocycles. The van der Waals surface area contributed by atoms with Crippen molar-refractivity contribution in [1.82, 2.24) is 14.8 Å². The van der Waals surface area contributed by atoms with Gasteiger partial charge in [0.15, 0.2) is 6.10 Å². The summed E-state index contributed by atoms with van der Waals surface area (Å²) in [6.45, 7) is 4.36. The highest BCUT2D eigenvalue weighted by atomic mass is 32.2. The minimum Gasteiger partial charge on any atom is -0.288 e. The molecule has 5 rings (SSSR count). The van der Waals surface area contributed by atoms with Crippen molar-refractivity contribution in [3.63, 3.8) is 0 Å². The van der Waals surface area contributed by atoms with Crippen LogP contribution >= 0.6 is 0 Å². The van der Waals surface area contributed by atoms with Gasteiger partial charge in [0.05, 0.1) is 17.8 Å². The number of nitrogens with zero attached hydrogens (tertiary/aromatic N) is 2. The van der Waals surface area contributed by atoms with Crippen LogP contribution < -0.4 is 5.48 Å². The van der Waals surface area contributed by atoms with Gasteiger partial charge < -0.3 is 0 Å². The lowest BCUT2D eigenvalue weighted by molar-refractivity contribution is -0.141. The van der Waals surface area contributed by atoms with Gasteiger partial charge in [0.25, 0.3) is 5.91 Å². The van der Waals surface area contributed by atoms with Crippen LogP contribution in [-0.4, -0.2) is 41.5 Å². The van der Waals surface area contributed by atoms with Gasteiger partial charge in [-0.1, -0.05) is 19.9 Å². The number of hydrogen-bond donors (Lipinski definition) is 1.